The monoisotopic (exact) mass is 597 g/mol. The van der Waals surface area contributed by atoms with Crippen molar-refractivity contribution in [1.29, 1.82) is 0 Å². The zero-order valence-corrected chi connectivity index (χ0v) is 25.5. The van der Waals surface area contributed by atoms with Crippen LogP contribution < -0.4 is 21.1 Å². The van der Waals surface area contributed by atoms with Crippen LogP contribution in [-0.4, -0.2) is 88.2 Å². The van der Waals surface area contributed by atoms with Gasteiger partial charge in [0.05, 0.1) is 12.3 Å². The summed E-state index contributed by atoms with van der Waals surface area (Å²) in [6.07, 6.45) is 3.85. The Morgan fingerprint density at radius 2 is 1.88 bits per heavy atom. The fourth-order valence-electron chi connectivity index (χ4n) is 4.99. The molecule has 0 aromatic heterocycles. The quantitative estimate of drug-likeness (QED) is 0.175. The van der Waals surface area contributed by atoms with Crippen molar-refractivity contribution < 1.29 is 32.6 Å². The minimum absolute atomic E-state index is 0.0263. The first-order valence-electron chi connectivity index (χ1n) is 14.2. The molecule has 0 bridgehead atoms. The number of anilines is 1. The molecule has 0 spiro atoms. The highest BCUT2D eigenvalue weighted by Gasteiger charge is 2.34. The average molecular weight is 598 g/mol. The Bertz CT molecular complexity index is 1130. The number of ether oxygens (including phenoxy) is 1. The molecule has 6 N–H and O–H groups in total. The number of carbonyl (C=O) groups is 3. The molecule has 12 nitrogen and oxygen atoms in total. The van der Waals surface area contributed by atoms with Gasteiger partial charge in [-0.05, 0) is 68.2 Å². The van der Waals surface area contributed by atoms with Gasteiger partial charge in [0, 0.05) is 40.0 Å². The number of hydrogen-bond donors (Lipinski definition) is 5. The summed E-state index contributed by atoms with van der Waals surface area (Å²) in [6.45, 7) is 10.2. The predicted octanol–water partition coefficient (Wildman–Crippen LogP) is 1.55. The van der Waals surface area contributed by atoms with Gasteiger partial charge in [0.2, 0.25) is 15.9 Å². The Morgan fingerprint density at radius 1 is 1.22 bits per heavy atom. The number of carbonyl (C=O) groups excluding carboxylic acids is 2. The van der Waals surface area contributed by atoms with Crippen molar-refractivity contribution >= 4 is 33.6 Å². The van der Waals surface area contributed by atoms with Crippen LogP contribution in [0.25, 0.3) is 0 Å². The molecule has 232 valence electrons. The Labute approximate surface area is 243 Å². The fourth-order valence-corrected chi connectivity index (χ4v) is 6.40. The summed E-state index contributed by atoms with van der Waals surface area (Å²) in [7, 11) is -3.97. The zero-order chi connectivity index (χ0) is 30.6. The number of sulfonamides is 1. The van der Waals surface area contributed by atoms with Crippen LogP contribution in [0.5, 0.6) is 0 Å². The number of hydrogen-bond acceptors (Lipinski definition) is 9. The number of fused-ring (bicyclic) bond motifs is 1. The molecule has 1 saturated heterocycles. The highest BCUT2D eigenvalue weighted by Crippen LogP contribution is 2.36. The van der Waals surface area contributed by atoms with E-state index in [0.717, 1.165) is 44.6 Å². The smallest absolute Gasteiger partial charge is 0.302 e. The van der Waals surface area contributed by atoms with Crippen LogP contribution in [0.4, 0.5) is 5.69 Å². The molecule has 41 heavy (non-hydrogen) atoms. The third-order valence-electron chi connectivity index (χ3n) is 7.07. The van der Waals surface area contributed by atoms with Crippen LogP contribution in [0.15, 0.2) is 23.1 Å². The first-order valence-corrected chi connectivity index (χ1v) is 15.6. The number of amides is 1. The van der Waals surface area contributed by atoms with Crippen LogP contribution >= 0.6 is 0 Å². The molecular formula is C28H47N5O7S. The number of nitrogens with two attached hydrogens (primary N) is 1. The second-order valence-electron chi connectivity index (χ2n) is 11.4. The third-order valence-corrected chi connectivity index (χ3v) is 8.59. The van der Waals surface area contributed by atoms with E-state index in [9.17, 15) is 18.0 Å². The van der Waals surface area contributed by atoms with Crippen molar-refractivity contribution in [1.82, 2.24) is 14.9 Å². The van der Waals surface area contributed by atoms with Crippen molar-refractivity contribution in [3.63, 3.8) is 0 Å². The second-order valence-corrected chi connectivity index (χ2v) is 13.1. The standard InChI is InChI=1S/C26H43N5O5S.C2H4O2/c1-19(32)36-15-10-20-8-13-31(14-9-20)25(33)22(17-28-12-5-11-27)30-37(34,35)23-7-4-6-21-16-26(2,3)18-29-24(21)23;1-2(3)4/h4,6-7,20,22,28-30H,5,8-18,27H2,1-3H3;1H3,(H,3,4). The lowest BCUT2D eigenvalue weighted by Gasteiger charge is -2.35. The van der Waals surface area contributed by atoms with Gasteiger partial charge in [0.15, 0.2) is 0 Å². The number of benzene rings is 1. The molecule has 1 fully saturated rings. The number of aliphatic carboxylic acids is 1. The van der Waals surface area contributed by atoms with Gasteiger partial charge in [-0.1, -0.05) is 26.0 Å². The Hall–Kier alpha value is -2.74. The van der Waals surface area contributed by atoms with E-state index in [1.54, 1.807) is 17.0 Å². The number of piperidine rings is 1. The topological polar surface area (TPSA) is 180 Å². The van der Waals surface area contributed by atoms with E-state index in [4.69, 9.17) is 20.4 Å². The summed E-state index contributed by atoms with van der Waals surface area (Å²) in [6, 6.07) is 4.36. The lowest BCUT2D eigenvalue weighted by atomic mass is 9.82. The molecule has 0 saturated carbocycles. The molecule has 1 amide bonds. The molecule has 2 aliphatic rings. The SMILES string of the molecule is CC(=O)O.CC(=O)OCCC1CCN(C(=O)C(CNCCCN)NS(=O)(=O)c2cccc3c2NCC(C)(C)C3)CC1. The number of esters is 1. The summed E-state index contributed by atoms with van der Waals surface area (Å²) >= 11 is 0. The van der Waals surface area contributed by atoms with E-state index >= 15 is 0 Å². The van der Waals surface area contributed by atoms with Crippen LogP contribution in [0.2, 0.25) is 0 Å². The number of para-hydroxylation sites is 1. The first-order chi connectivity index (χ1) is 19.3. The molecule has 0 aliphatic carbocycles. The maximum atomic E-state index is 13.6. The minimum Gasteiger partial charge on any atom is -0.481 e. The van der Waals surface area contributed by atoms with Crippen LogP contribution in [0, 0.1) is 11.3 Å². The Kier molecular flexibility index (Phi) is 13.5. The number of carboxylic acids is 1. The zero-order valence-electron chi connectivity index (χ0n) is 24.7. The summed E-state index contributed by atoms with van der Waals surface area (Å²) in [5, 5.41) is 13.9. The molecular weight excluding hydrogens is 550 g/mol. The van der Waals surface area contributed by atoms with E-state index in [2.05, 4.69) is 29.2 Å². The number of nitrogens with one attached hydrogen (secondary N) is 3. The molecule has 1 aromatic rings. The van der Waals surface area contributed by atoms with E-state index in [-0.39, 0.29) is 28.7 Å². The van der Waals surface area contributed by atoms with E-state index < -0.39 is 22.0 Å². The summed E-state index contributed by atoms with van der Waals surface area (Å²) < 4.78 is 34.9. The summed E-state index contributed by atoms with van der Waals surface area (Å²) in [5.41, 5.74) is 7.19. The van der Waals surface area contributed by atoms with Gasteiger partial charge in [-0.15, -0.1) is 0 Å². The van der Waals surface area contributed by atoms with Crippen molar-refractivity contribution in [3.05, 3.63) is 23.8 Å². The van der Waals surface area contributed by atoms with Gasteiger partial charge in [-0.25, -0.2) is 8.42 Å². The molecule has 1 unspecified atom stereocenters. The normalized spacial score (nSPS) is 17.3. The molecule has 1 aromatic carbocycles. The van der Waals surface area contributed by atoms with Gasteiger partial charge < -0.3 is 31.1 Å². The van der Waals surface area contributed by atoms with Crippen molar-refractivity contribution in [2.75, 3.05) is 51.2 Å². The van der Waals surface area contributed by atoms with Crippen LogP contribution in [0.3, 0.4) is 0 Å². The molecule has 0 radical (unpaired) electrons. The Morgan fingerprint density at radius 3 is 2.49 bits per heavy atom. The Balaban J connectivity index is 0.00000138. The van der Waals surface area contributed by atoms with Crippen LogP contribution in [-0.2, 0) is 35.6 Å². The molecule has 1 atom stereocenters. The number of carboxylic acid groups (broad SMARTS) is 1. The predicted molar refractivity (Wildman–Crippen MR) is 157 cm³/mol. The summed E-state index contributed by atoms with van der Waals surface area (Å²) in [4.78, 5) is 35.4. The lowest BCUT2D eigenvalue weighted by Crippen LogP contribution is -2.54. The van der Waals surface area contributed by atoms with Crippen molar-refractivity contribution in [3.8, 4) is 0 Å². The van der Waals surface area contributed by atoms with E-state index in [1.807, 2.05) is 6.07 Å². The van der Waals surface area contributed by atoms with Crippen molar-refractivity contribution in [2.45, 2.75) is 70.7 Å². The van der Waals surface area contributed by atoms with Gasteiger partial charge in [0.25, 0.3) is 5.97 Å². The number of likely N-dealkylation sites (tertiary alicyclic amines) is 1. The molecule has 13 heteroatoms. The van der Waals surface area contributed by atoms with Gasteiger partial charge >= 0.3 is 5.97 Å². The lowest BCUT2D eigenvalue weighted by molar-refractivity contribution is -0.141. The van der Waals surface area contributed by atoms with E-state index in [0.29, 0.717) is 50.9 Å². The molecule has 3 rings (SSSR count). The molecule has 2 aliphatic heterocycles. The first kappa shape index (κ1) is 34.5. The fraction of sp³-hybridized carbons (Fsp3) is 0.679. The number of rotatable bonds is 12. The van der Waals surface area contributed by atoms with E-state index in [1.165, 1.54) is 6.92 Å². The van der Waals surface area contributed by atoms with Gasteiger partial charge in [-0.2, -0.15) is 4.72 Å². The third kappa shape index (κ3) is 11.6. The van der Waals surface area contributed by atoms with Crippen LogP contribution in [0.1, 0.15) is 58.9 Å². The molecule has 2 heterocycles. The van der Waals surface area contributed by atoms with Gasteiger partial charge in [-0.3, -0.25) is 14.4 Å². The maximum absolute atomic E-state index is 13.6. The number of nitrogens with zero attached hydrogens (tertiary/aromatic N) is 1. The highest BCUT2D eigenvalue weighted by atomic mass is 32.2. The second kappa shape index (κ2) is 16.0. The highest BCUT2D eigenvalue weighted by molar-refractivity contribution is 7.89. The summed E-state index contributed by atoms with van der Waals surface area (Å²) in [5.74, 6) is -0.989. The largest absolute Gasteiger partial charge is 0.481 e. The maximum Gasteiger partial charge on any atom is 0.302 e. The average Bonchev–Trinajstić information content (AvgIpc) is 2.89. The minimum atomic E-state index is -3.97. The van der Waals surface area contributed by atoms with Gasteiger partial charge in [0.1, 0.15) is 10.9 Å². The van der Waals surface area contributed by atoms with Crippen molar-refractivity contribution in [2.24, 2.45) is 17.1 Å².